The second-order valence-corrected chi connectivity index (χ2v) is 5.86. The molecule has 1 atom stereocenters. The van der Waals surface area contributed by atoms with Gasteiger partial charge in [-0.1, -0.05) is 0 Å². The molecule has 1 amide bonds. The number of hydrogen-bond donors (Lipinski definition) is 1. The van der Waals surface area contributed by atoms with Gasteiger partial charge in [-0.2, -0.15) is 0 Å². The van der Waals surface area contributed by atoms with Gasteiger partial charge in [-0.25, -0.2) is 4.79 Å². The molecule has 2 fully saturated rings. The lowest BCUT2D eigenvalue weighted by molar-refractivity contribution is -0.0967. The van der Waals surface area contributed by atoms with Crippen LogP contribution >= 0.6 is 0 Å². The summed E-state index contributed by atoms with van der Waals surface area (Å²) >= 11 is 0. The highest BCUT2D eigenvalue weighted by molar-refractivity contribution is 5.68. The lowest BCUT2D eigenvalue weighted by Gasteiger charge is -2.40. The molecule has 5 heteroatoms. The Morgan fingerprint density at radius 1 is 1.47 bits per heavy atom. The smallest absolute Gasteiger partial charge is 0.410 e. The molecule has 98 valence electrons. The monoisotopic (exact) mass is 242 g/mol. The van der Waals surface area contributed by atoms with E-state index in [1.807, 2.05) is 20.8 Å². The average Bonchev–Trinajstić information content (AvgIpc) is 2.64. The van der Waals surface area contributed by atoms with Crippen LogP contribution in [0.25, 0.3) is 0 Å². The summed E-state index contributed by atoms with van der Waals surface area (Å²) in [6, 6.07) is 0. The molecule has 0 saturated carbocycles. The minimum Gasteiger partial charge on any atom is -0.444 e. The molecule has 1 N–H and O–H groups in total. The summed E-state index contributed by atoms with van der Waals surface area (Å²) in [6.07, 6.45) is 0.735. The van der Waals surface area contributed by atoms with Crippen LogP contribution in [0.1, 0.15) is 27.2 Å². The largest absolute Gasteiger partial charge is 0.444 e. The molecule has 0 aromatic rings. The minimum absolute atomic E-state index is 0.185. The van der Waals surface area contributed by atoms with Gasteiger partial charge in [0.2, 0.25) is 0 Å². The highest BCUT2D eigenvalue weighted by Gasteiger charge is 2.41. The van der Waals surface area contributed by atoms with E-state index in [-0.39, 0.29) is 11.7 Å². The number of ether oxygens (including phenoxy) is 2. The summed E-state index contributed by atoms with van der Waals surface area (Å²) in [6.45, 7) is 9.30. The fraction of sp³-hybridized carbons (Fsp3) is 0.917. The van der Waals surface area contributed by atoms with Crippen molar-refractivity contribution in [3.05, 3.63) is 0 Å². The van der Waals surface area contributed by atoms with Crippen molar-refractivity contribution in [3.63, 3.8) is 0 Å². The first-order chi connectivity index (χ1) is 7.90. The van der Waals surface area contributed by atoms with Gasteiger partial charge in [-0.3, -0.25) is 0 Å². The number of rotatable bonds is 0. The molecule has 2 aliphatic rings. The Morgan fingerprint density at radius 3 is 2.82 bits per heavy atom. The van der Waals surface area contributed by atoms with Gasteiger partial charge in [0.05, 0.1) is 18.8 Å². The Bertz CT molecular complexity index is 293. The number of hydrogen-bond acceptors (Lipinski definition) is 4. The fourth-order valence-corrected chi connectivity index (χ4v) is 2.31. The zero-order valence-electron chi connectivity index (χ0n) is 10.9. The van der Waals surface area contributed by atoms with Gasteiger partial charge < -0.3 is 19.7 Å². The normalized spacial score (nSPS) is 29.7. The van der Waals surface area contributed by atoms with Gasteiger partial charge >= 0.3 is 6.09 Å². The molecule has 1 spiro atoms. The number of amides is 1. The van der Waals surface area contributed by atoms with Gasteiger partial charge in [0, 0.05) is 13.1 Å². The van der Waals surface area contributed by atoms with Crippen LogP contribution in [0.4, 0.5) is 4.79 Å². The maximum Gasteiger partial charge on any atom is 0.410 e. The van der Waals surface area contributed by atoms with Crippen molar-refractivity contribution in [2.24, 2.45) is 0 Å². The van der Waals surface area contributed by atoms with Crippen LogP contribution in [0.5, 0.6) is 0 Å². The molecule has 1 unspecified atom stereocenters. The Morgan fingerprint density at radius 2 is 2.24 bits per heavy atom. The maximum absolute atomic E-state index is 12.0. The first-order valence-corrected chi connectivity index (χ1v) is 6.23. The quantitative estimate of drug-likeness (QED) is 0.688. The molecule has 0 bridgehead atoms. The molecule has 17 heavy (non-hydrogen) atoms. The first kappa shape index (κ1) is 12.6. The highest BCUT2D eigenvalue weighted by Crippen LogP contribution is 2.25. The van der Waals surface area contributed by atoms with Crippen LogP contribution in [0.15, 0.2) is 0 Å². The third kappa shape index (κ3) is 3.10. The average molecular weight is 242 g/mol. The van der Waals surface area contributed by atoms with E-state index in [1.54, 1.807) is 4.90 Å². The summed E-state index contributed by atoms with van der Waals surface area (Å²) in [7, 11) is 0. The second kappa shape index (κ2) is 4.46. The van der Waals surface area contributed by atoms with E-state index in [9.17, 15) is 4.79 Å². The molecule has 2 rings (SSSR count). The third-order valence-electron chi connectivity index (χ3n) is 3.10. The SMILES string of the molecule is CC(C)(C)OC(=O)N1CCOC2(CCNC2)C1. The molecule has 5 nitrogen and oxygen atoms in total. The molecule has 2 aliphatic heterocycles. The van der Waals surface area contributed by atoms with E-state index in [0.717, 1.165) is 19.5 Å². The van der Waals surface area contributed by atoms with Crippen LogP contribution in [0, 0.1) is 0 Å². The van der Waals surface area contributed by atoms with Crippen LogP contribution < -0.4 is 5.32 Å². The highest BCUT2D eigenvalue weighted by atomic mass is 16.6. The third-order valence-corrected chi connectivity index (χ3v) is 3.10. The number of morpholine rings is 1. The van der Waals surface area contributed by atoms with E-state index in [1.165, 1.54) is 0 Å². The minimum atomic E-state index is -0.434. The molecule has 0 aliphatic carbocycles. The van der Waals surface area contributed by atoms with Gasteiger partial charge in [-0.05, 0) is 33.7 Å². The Labute approximate surface area is 102 Å². The number of nitrogens with zero attached hydrogens (tertiary/aromatic N) is 1. The molecular weight excluding hydrogens is 220 g/mol. The molecule has 0 radical (unpaired) electrons. The fourth-order valence-electron chi connectivity index (χ4n) is 2.31. The summed E-state index contributed by atoms with van der Waals surface area (Å²) in [5.41, 5.74) is -0.619. The lowest BCUT2D eigenvalue weighted by atomic mass is 10.0. The Hall–Kier alpha value is -0.810. The van der Waals surface area contributed by atoms with Gasteiger partial charge in [0.1, 0.15) is 5.60 Å². The van der Waals surface area contributed by atoms with E-state index >= 15 is 0 Å². The van der Waals surface area contributed by atoms with Gasteiger partial charge in [-0.15, -0.1) is 0 Å². The zero-order valence-corrected chi connectivity index (χ0v) is 10.9. The Balaban J connectivity index is 1.95. The number of carbonyl (C=O) groups is 1. The van der Waals surface area contributed by atoms with E-state index < -0.39 is 5.60 Å². The van der Waals surface area contributed by atoms with E-state index in [2.05, 4.69) is 5.32 Å². The van der Waals surface area contributed by atoms with Crippen molar-refractivity contribution in [3.8, 4) is 0 Å². The molecular formula is C12H22N2O3. The maximum atomic E-state index is 12.0. The van der Waals surface area contributed by atoms with Crippen LogP contribution in [-0.4, -0.2) is 55.0 Å². The predicted molar refractivity (Wildman–Crippen MR) is 64.0 cm³/mol. The van der Waals surface area contributed by atoms with Crippen LogP contribution in [0.3, 0.4) is 0 Å². The molecule has 0 aromatic heterocycles. The van der Waals surface area contributed by atoms with Gasteiger partial charge in [0.15, 0.2) is 0 Å². The standard InChI is InChI=1S/C12H22N2O3/c1-11(2,3)17-10(15)14-6-7-16-12(9-14)4-5-13-8-12/h13H,4-9H2,1-3H3. The number of nitrogens with one attached hydrogen (secondary N) is 1. The van der Waals surface area contributed by atoms with Crippen molar-refractivity contribution < 1.29 is 14.3 Å². The lowest BCUT2D eigenvalue weighted by Crippen LogP contribution is -2.55. The van der Waals surface area contributed by atoms with Crippen molar-refractivity contribution in [2.45, 2.75) is 38.4 Å². The second-order valence-electron chi connectivity index (χ2n) is 5.86. The Kier molecular flexibility index (Phi) is 3.32. The predicted octanol–water partition coefficient (Wildman–Crippen LogP) is 0.986. The van der Waals surface area contributed by atoms with E-state index in [0.29, 0.717) is 19.7 Å². The summed E-state index contributed by atoms with van der Waals surface area (Å²) < 4.78 is 11.2. The van der Waals surface area contributed by atoms with Crippen molar-refractivity contribution in [1.82, 2.24) is 10.2 Å². The van der Waals surface area contributed by atoms with Crippen LogP contribution in [-0.2, 0) is 9.47 Å². The van der Waals surface area contributed by atoms with Gasteiger partial charge in [0.25, 0.3) is 0 Å². The molecule has 2 saturated heterocycles. The summed E-state index contributed by atoms with van der Waals surface area (Å²) in [5.74, 6) is 0. The van der Waals surface area contributed by atoms with Crippen molar-refractivity contribution >= 4 is 6.09 Å². The zero-order chi connectivity index (χ0) is 12.5. The number of carbonyl (C=O) groups excluding carboxylic acids is 1. The van der Waals surface area contributed by atoms with Crippen molar-refractivity contribution in [2.75, 3.05) is 32.8 Å². The summed E-state index contributed by atoms with van der Waals surface area (Å²) in [4.78, 5) is 13.7. The molecule has 0 aromatic carbocycles. The topological polar surface area (TPSA) is 50.8 Å². The molecule has 2 heterocycles. The summed E-state index contributed by atoms with van der Waals surface area (Å²) in [5, 5.41) is 3.29. The van der Waals surface area contributed by atoms with Crippen LogP contribution in [0.2, 0.25) is 0 Å². The van der Waals surface area contributed by atoms with Crippen molar-refractivity contribution in [1.29, 1.82) is 0 Å². The first-order valence-electron chi connectivity index (χ1n) is 6.23. The van der Waals surface area contributed by atoms with E-state index in [4.69, 9.17) is 9.47 Å².